The first-order valence-corrected chi connectivity index (χ1v) is 23.8. The highest BCUT2D eigenvalue weighted by Crippen LogP contribution is 2.44. The molecule has 0 unspecified atom stereocenters. The van der Waals surface area contributed by atoms with Gasteiger partial charge in [-0.25, -0.2) is 0 Å². The summed E-state index contributed by atoms with van der Waals surface area (Å²) in [7, 11) is -2.78. The van der Waals surface area contributed by atoms with E-state index in [1.807, 2.05) is 0 Å². The van der Waals surface area contributed by atoms with Crippen LogP contribution in [0.5, 0.6) is 0 Å². The highest BCUT2D eigenvalue weighted by molar-refractivity contribution is 7.20. The topological polar surface area (TPSA) is 9.86 Å². The van der Waals surface area contributed by atoms with Crippen molar-refractivity contribution in [1.82, 2.24) is 9.13 Å². The first-order chi connectivity index (χ1) is 31.3. The van der Waals surface area contributed by atoms with Gasteiger partial charge in [-0.05, 0) is 73.8 Å². The molecular formula is C60H42N2Si. The average Bonchev–Trinajstić information content (AvgIpc) is 3.88. The molecule has 296 valence electrons. The minimum Gasteiger partial charge on any atom is -0.309 e. The molecule has 0 aliphatic carbocycles. The van der Waals surface area contributed by atoms with Crippen molar-refractivity contribution in [3.05, 3.63) is 255 Å². The third kappa shape index (κ3) is 5.85. The van der Waals surface area contributed by atoms with E-state index in [4.69, 9.17) is 0 Å². The molecule has 3 heteroatoms. The monoisotopic (exact) mass is 818 g/mol. The molecule has 0 aliphatic heterocycles. The van der Waals surface area contributed by atoms with E-state index in [1.54, 1.807) is 0 Å². The molecule has 0 aliphatic rings. The van der Waals surface area contributed by atoms with E-state index in [2.05, 4.69) is 264 Å². The summed E-state index contributed by atoms with van der Waals surface area (Å²) in [5.41, 5.74) is 11.8. The van der Waals surface area contributed by atoms with Crippen molar-refractivity contribution in [2.45, 2.75) is 0 Å². The molecule has 0 fully saturated rings. The number of aromatic nitrogens is 2. The lowest BCUT2D eigenvalue weighted by Gasteiger charge is -2.34. The Balaban J connectivity index is 1.16. The fourth-order valence-corrected chi connectivity index (χ4v) is 15.1. The van der Waals surface area contributed by atoms with Crippen molar-refractivity contribution >= 4 is 72.4 Å². The zero-order valence-corrected chi connectivity index (χ0v) is 35.6. The average molecular weight is 819 g/mol. The van der Waals surface area contributed by atoms with E-state index < -0.39 is 8.07 Å². The molecule has 0 amide bonds. The smallest absolute Gasteiger partial charge is 0.179 e. The minimum absolute atomic E-state index is 1.13. The molecule has 2 aromatic heterocycles. The minimum atomic E-state index is -2.78. The highest BCUT2D eigenvalue weighted by atomic mass is 28.3. The number of nitrogens with zero attached hydrogens (tertiary/aromatic N) is 2. The molecule has 0 saturated carbocycles. The van der Waals surface area contributed by atoms with E-state index in [-0.39, 0.29) is 0 Å². The maximum absolute atomic E-state index is 2.78. The third-order valence-electron chi connectivity index (χ3n) is 13.1. The van der Waals surface area contributed by atoms with Gasteiger partial charge < -0.3 is 9.13 Å². The zero-order chi connectivity index (χ0) is 41.7. The molecule has 0 saturated heterocycles. The predicted molar refractivity (Wildman–Crippen MR) is 270 cm³/mol. The standard InChI is InChI=1S/C60H42N2Si/c1-6-20-43(21-7-1)44-34-36-46(37-35-44)61-55-32-18-16-30-51(55)53-39-41-58(59(60(53)61)45-22-8-2-9-23-45)62-56-33-19-17-31-52(56)54-42-50(38-40-57(54)62)63(47-24-10-3-11-25-47,48-26-12-4-13-27-48)49-28-14-5-15-29-49/h1-42H. The number of rotatable bonds is 8. The van der Waals surface area contributed by atoms with E-state index in [1.165, 1.54) is 86.6 Å². The van der Waals surface area contributed by atoms with E-state index in [0.29, 0.717) is 0 Å². The molecule has 10 aromatic carbocycles. The number of para-hydroxylation sites is 2. The Hall–Kier alpha value is -7.98. The lowest BCUT2D eigenvalue weighted by molar-refractivity contribution is 1.16. The molecule has 0 radical (unpaired) electrons. The Labute approximate surface area is 368 Å². The maximum Gasteiger partial charge on any atom is 0.179 e. The van der Waals surface area contributed by atoms with Gasteiger partial charge in [-0.1, -0.05) is 218 Å². The van der Waals surface area contributed by atoms with Gasteiger partial charge in [-0.2, -0.15) is 0 Å². The van der Waals surface area contributed by atoms with Gasteiger partial charge in [0.15, 0.2) is 8.07 Å². The van der Waals surface area contributed by atoms with Crippen LogP contribution in [0.3, 0.4) is 0 Å². The van der Waals surface area contributed by atoms with Crippen molar-refractivity contribution in [3.8, 4) is 33.6 Å². The zero-order valence-electron chi connectivity index (χ0n) is 34.6. The van der Waals surface area contributed by atoms with Gasteiger partial charge in [0, 0.05) is 32.8 Å². The quantitative estimate of drug-likeness (QED) is 0.107. The molecule has 12 aromatic rings. The molecule has 0 N–H and O–H groups in total. The summed E-state index contributed by atoms with van der Waals surface area (Å²) in [4.78, 5) is 0. The highest BCUT2D eigenvalue weighted by Gasteiger charge is 2.41. The Morgan fingerprint density at radius 2 is 0.714 bits per heavy atom. The second-order valence-electron chi connectivity index (χ2n) is 16.4. The van der Waals surface area contributed by atoms with Crippen LogP contribution >= 0.6 is 0 Å². The molecule has 0 atom stereocenters. The molecule has 63 heavy (non-hydrogen) atoms. The van der Waals surface area contributed by atoms with Gasteiger partial charge in [-0.15, -0.1) is 0 Å². The van der Waals surface area contributed by atoms with Gasteiger partial charge in [-0.3, -0.25) is 0 Å². The first-order valence-electron chi connectivity index (χ1n) is 21.8. The number of fused-ring (bicyclic) bond motifs is 6. The second kappa shape index (κ2) is 15.2. The summed E-state index contributed by atoms with van der Waals surface area (Å²) in [6.45, 7) is 0. The molecule has 2 nitrogen and oxygen atoms in total. The number of hydrogen-bond acceptors (Lipinski definition) is 0. The van der Waals surface area contributed by atoms with Crippen LogP contribution in [0.15, 0.2) is 255 Å². The normalized spacial score (nSPS) is 11.8. The van der Waals surface area contributed by atoms with Crippen LogP contribution in [0.1, 0.15) is 0 Å². The Kier molecular flexibility index (Phi) is 8.87. The Morgan fingerprint density at radius 1 is 0.270 bits per heavy atom. The van der Waals surface area contributed by atoms with Gasteiger partial charge in [0.2, 0.25) is 0 Å². The summed E-state index contributed by atoms with van der Waals surface area (Å²) in [5.74, 6) is 0. The van der Waals surface area contributed by atoms with Crippen molar-refractivity contribution < 1.29 is 0 Å². The largest absolute Gasteiger partial charge is 0.309 e. The third-order valence-corrected chi connectivity index (χ3v) is 17.9. The Morgan fingerprint density at radius 3 is 1.29 bits per heavy atom. The number of hydrogen-bond donors (Lipinski definition) is 0. The predicted octanol–water partition coefficient (Wildman–Crippen LogP) is 12.6. The van der Waals surface area contributed by atoms with Crippen molar-refractivity contribution in [3.63, 3.8) is 0 Å². The van der Waals surface area contributed by atoms with Crippen molar-refractivity contribution in [2.24, 2.45) is 0 Å². The molecular weight excluding hydrogens is 777 g/mol. The second-order valence-corrected chi connectivity index (χ2v) is 20.2. The van der Waals surface area contributed by atoms with Crippen LogP contribution in [-0.4, -0.2) is 17.2 Å². The van der Waals surface area contributed by atoms with E-state index in [9.17, 15) is 0 Å². The summed E-state index contributed by atoms with van der Waals surface area (Å²) in [6.07, 6.45) is 0. The fourth-order valence-electron chi connectivity index (χ4n) is 10.4. The Bertz CT molecular complexity index is 3480. The molecule has 0 bridgehead atoms. The van der Waals surface area contributed by atoms with Gasteiger partial charge in [0.1, 0.15) is 0 Å². The summed E-state index contributed by atoms with van der Waals surface area (Å²) >= 11 is 0. The van der Waals surface area contributed by atoms with E-state index in [0.717, 1.165) is 11.4 Å². The van der Waals surface area contributed by atoms with Crippen molar-refractivity contribution in [2.75, 3.05) is 0 Å². The van der Waals surface area contributed by atoms with Crippen LogP contribution in [0.25, 0.3) is 77.2 Å². The molecule has 2 heterocycles. The molecule has 0 spiro atoms. The van der Waals surface area contributed by atoms with Gasteiger partial charge >= 0.3 is 0 Å². The van der Waals surface area contributed by atoms with Crippen LogP contribution in [-0.2, 0) is 0 Å². The van der Waals surface area contributed by atoms with E-state index >= 15 is 0 Å². The van der Waals surface area contributed by atoms with Crippen LogP contribution in [0.4, 0.5) is 0 Å². The van der Waals surface area contributed by atoms with Gasteiger partial charge in [0.25, 0.3) is 0 Å². The van der Waals surface area contributed by atoms with Gasteiger partial charge in [0.05, 0.1) is 27.8 Å². The fraction of sp³-hybridized carbons (Fsp3) is 0. The lowest BCUT2D eigenvalue weighted by atomic mass is 9.99. The maximum atomic E-state index is 2.53. The molecule has 12 rings (SSSR count). The van der Waals surface area contributed by atoms with Crippen LogP contribution in [0.2, 0.25) is 0 Å². The first kappa shape index (κ1) is 36.8. The summed E-state index contributed by atoms with van der Waals surface area (Å²) in [6, 6.07) is 94.2. The van der Waals surface area contributed by atoms with Crippen LogP contribution in [0, 0.1) is 0 Å². The lowest BCUT2D eigenvalue weighted by Crippen LogP contribution is -2.74. The number of benzene rings is 10. The summed E-state index contributed by atoms with van der Waals surface area (Å²) in [5, 5.41) is 10.4. The summed E-state index contributed by atoms with van der Waals surface area (Å²) < 4.78 is 5.00. The SMILES string of the molecule is c1ccc(-c2ccc(-n3c4ccccc4c4ccc(-n5c6ccccc6c6cc([Si](c7ccccc7)(c7ccccc7)c7ccccc7)ccc65)c(-c5ccccc5)c43)cc2)cc1. The van der Waals surface area contributed by atoms with Crippen molar-refractivity contribution in [1.29, 1.82) is 0 Å². The van der Waals surface area contributed by atoms with Crippen LogP contribution < -0.4 is 20.7 Å².